The van der Waals surface area contributed by atoms with Gasteiger partial charge in [-0.3, -0.25) is 4.90 Å². The molecule has 3 N–H and O–H groups in total. The van der Waals surface area contributed by atoms with Gasteiger partial charge in [0, 0.05) is 39.1 Å². The van der Waals surface area contributed by atoms with E-state index < -0.39 is 12.4 Å². The predicted molar refractivity (Wildman–Crippen MR) is 74.1 cm³/mol. The fourth-order valence-corrected chi connectivity index (χ4v) is 2.36. The van der Waals surface area contributed by atoms with Crippen LogP contribution in [0.15, 0.2) is 24.3 Å². The highest BCUT2D eigenvalue weighted by molar-refractivity contribution is 5.65. The van der Waals surface area contributed by atoms with Gasteiger partial charge in [-0.05, 0) is 11.1 Å². The van der Waals surface area contributed by atoms with Gasteiger partial charge in [0.2, 0.25) is 0 Å². The van der Waals surface area contributed by atoms with E-state index in [1.807, 2.05) is 24.3 Å². The van der Waals surface area contributed by atoms with E-state index in [1.54, 1.807) is 0 Å². The molecule has 1 aliphatic rings. The molecule has 1 saturated heterocycles. The molecule has 20 heavy (non-hydrogen) atoms. The Hall–Kier alpha value is -1.66. The zero-order valence-corrected chi connectivity index (χ0v) is 11.3. The smallest absolute Gasteiger partial charge is 0.407 e. The topological polar surface area (TPSA) is 69.8 Å². The maximum atomic E-state index is 12.7. The first-order valence-electron chi connectivity index (χ1n) is 6.72. The second-order valence-electron chi connectivity index (χ2n) is 5.08. The van der Waals surface area contributed by atoms with E-state index in [2.05, 4.69) is 4.90 Å². The number of piperazine rings is 1. The summed E-state index contributed by atoms with van der Waals surface area (Å²) < 4.78 is 12.7. The summed E-state index contributed by atoms with van der Waals surface area (Å²) in [5, 5.41) is 8.88. The average Bonchev–Trinajstić information content (AvgIpc) is 2.41. The third-order valence-electron chi connectivity index (χ3n) is 3.50. The molecule has 1 aliphatic heterocycles. The van der Waals surface area contributed by atoms with Crippen molar-refractivity contribution in [3.63, 3.8) is 0 Å². The molecule has 1 atom stereocenters. The van der Waals surface area contributed by atoms with Crippen molar-refractivity contribution in [3.05, 3.63) is 35.4 Å². The number of nitrogens with two attached hydrogens (primary N) is 1. The summed E-state index contributed by atoms with van der Waals surface area (Å²) in [7, 11) is 0. The number of carbonyl (C=O) groups is 1. The first kappa shape index (κ1) is 14.7. The van der Waals surface area contributed by atoms with E-state index in [0.29, 0.717) is 13.1 Å². The van der Waals surface area contributed by atoms with E-state index in [1.165, 1.54) is 4.90 Å². The van der Waals surface area contributed by atoms with Gasteiger partial charge in [0.15, 0.2) is 6.30 Å². The van der Waals surface area contributed by atoms with Gasteiger partial charge in [-0.1, -0.05) is 24.3 Å². The van der Waals surface area contributed by atoms with Crippen molar-refractivity contribution < 1.29 is 14.3 Å². The lowest BCUT2D eigenvalue weighted by Crippen LogP contribution is -2.47. The molecule has 1 aromatic carbocycles. The van der Waals surface area contributed by atoms with Crippen molar-refractivity contribution in [3.8, 4) is 0 Å². The zero-order valence-electron chi connectivity index (χ0n) is 11.3. The molecular weight excluding hydrogens is 261 g/mol. The Morgan fingerprint density at radius 3 is 2.25 bits per heavy atom. The Morgan fingerprint density at radius 2 is 1.75 bits per heavy atom. The first-order chi connectivity index (χ1) is 9.54. The van der Waals surface area contributed by atoms with E-state index in [4.69, 9.17) is 10.8 Å². The number of halogens is 1. The SMILES string of the molecule is N[C@@H](F)Cc1ccc(CN2CCN(C(=O)O)CC2)cc1. The van der Waals surface area contributed by atoms with Crippen LogP contribution in [0, 0.1) is 0 Å². The van der Waals surface area contributed by atoms with Crippen molar-refractivity contribution >= 4 is 6.09 Å². The van der Waals surface area contributed by atoms with E-state index in [9.17, 15) is 9.18 Å². The van der Waals surface area contributed by atoms with Gasteiger partial charge in [-0.25, -0.2) is 9.18 Å². The van der Waals surface area contributed by atoms with Gasteiger partial charge in [-0.15, -0.1) is 0 Å². The Kier molecular flexibility index (Phi) is 4.92. The summed E-state index contributed by atoms with van der Waals surface area (Å²) in [5.41, 5.74) is 7.15. The van der Waals surface area contributed by atoms with Crippen LogP contribution < -0.4 is 5.73 Å². The quantitative estimate of drug-likeness (QED) is 0.816. The Labute approximate surface area is 117 Å². The highest BCUT2D eigenvalue weighted by Gasteiger charge is 2.20. The first-order valence-corrected chi connectivity index (χ1v) is 6.72. The van der Waals surface area contributed by atoms with Gasteiger partial charge >= 0.3 is 6.09 Å². The second kappa shape index (κ2) is 6.67. The number of amides is 1. The summed E-state index contributed by atoms with van der Waals surface area (Å²) in [6, 6.07) is 7.73. The lowest BCUT2D eigenvalue weighted by Gasteiger charge is -2.33. The van der Waals surface area contributed by atoms with Crippen LogP contribution in [0.2, 0.25) is 0 Å². The molecule has 1 amide bonds. The van der Waals surface area contributed by atoms with Crippen molar-refractivity contribution in [2.75, 3.05) is 26.2 Å². The summed E-state index contributed by atoms with van der Waals surface area (Å²) in [6.45, 7) is 3.36. The van der Waals surface area contributed by atoms with Crippen molar-refractivity contribution in [1.82, 2.24) is 9.80 Å². The normalized spacial score (nSPS) is 18.0. The standard InChI is InChI=1S/C14H20FN3O2/c15-13(16)9-11-1-3-12(4-2-11)10-17-5-7-18(8-6-17)14(19)20/h1-4,13H,5-10,16H2,(H,19,20)/t13-/m1/s1. The third-order valence-corrected chi connectivity index (χ3v) is 3.50. The van der Waals surface area contributed by atoms with Crippen LogP contribution in [0.5, 0.6) is 0 Å². The summed E-state index contributed by atoms with van der Waals surface area (Å²) in [5.74, 6) is 0. The predicted octanol–water partition coefficient (Wildman–Crippen LogP) is 1.28. The summed E-state index contributed by atoms with van der Waals surface area (Å²) in [6.07, 6.45) is -1.93. The van der Waals surface area contributed by atoms with Crippen molar-refractivity contribution in [1.29, 1.82) is 0 Å². The van der Waals surface area contributed by atoms with Gasteiger partial charge in [0.25, 0.3) is 0 Å². The number of nitrogens with zero attached hydrogens (tertiary/aromatic N) is 2. The molecule has 0 aliphatic carbocycles. The van der Waals surface area contributed by atoms with Crippen molar-refractivity contribution in [2.24, 2.45) is 5.73 Å². The molecule has 110 valence electrons. The Bertz CT molecular complexity index is 442. The molecule has 6 heteroatoms. The Morgan fingerprint density at radius 1 is 1.20 bits per heavy atom. The number of carboxylic acid groups (broad SMARTS) is 1. The molecule has 1 fully saturated rings. The van der Waals surface area contributed by atoms with Crippen LogP contribution in [0.3, 0.4) is 0 Å². The number of hydrogen-bond donors (Lipinski definition) is 2. The minimum absolute atomic E-state index is 0.234. The molecule has 0 aromatic heterocycles. The fourth-order valence-electron chi connectivity index (χ4n) is 2.36. The maximum absolute atomic E-state index is 12.7. The maximum Gasteiger partial charge on any atom is 0.407 e. The van der Waals surface area contributed by atoms with Crippen LogP contribution in [-0.4, -0.2) is 53.5 Å². The Balaban J connectivity index is 1.83. The van der Waals surface area contributed by atoms with Crippen LogP contribution in [0.25, 0.3) is 0 Å². The molecule has 0 saturated carbocycles. The number of alkyl halides is 1. The molecule has 0 spiro atoms. The van der Waals surface area contributed by atoms with Crippen LogP contribution in [0.1, 0.15) is 11.1 Å². The van der Waals surface area contributed by atoms with E-state index >= 15 is 0 Å². The lowest BCUT2D eigenvalue weighted by molar-refractivity contribution is 0.103. The number of hydrogen-bond acceptors (Lipinski definition) is 3. The van der Waals surface area contributed by atoms with E-state index in [0.717, 1.165) is 30.8 Å². The van der Waals surface area contributed by atoms with Gasteiger partial charge in [0.05, 0.1) is 0 Å². The third kappa shape index (κ3) is 4.18. The molecule has 1 aromatic rings. The molecule has 0 bridgehead atoms. The summed E-state index contributed by atoms with van der Waals surface area (Å²) >= 11 is 0. The molecule has 5 nitrogen and oxygen atoms in total. The van der Waals surface area contributed by atoms with Gasteiger partial charge < -0.3 is 15.7 Å². The van der Waals surface area contributed by atoms with Crippen LogP contribution >= 0.6 is 0 Å². The van der Waals surface area contributed by atoms with Crippen LogP contribution in [0.4, 0.5) is 9.18 Å². The monoisotopic (exact) mass is 281 g/mol. The summed E-state index contributed by atoms with van der Waals surface area (Å²) in [4.78, 5) is 14.5. The lowest BCUT2D eigenvalue weighted by atomic mass is 10.1. The molecule has 2 rings (SSSR count). The minimum Gasteiger partial charge on any atom is -0.465 e. The van der Waals surface area contributed by atoms with Crippen LogP contribution in [-0.2, 0) is 13.0 Å². The second-order valence-corrected chi connectivity index (χ2v) is 5.08. The number of benzene rings is 1. The number of rotatable bonds is 4. The van der Waals surface area contributed by atoms with E-state index in [-0.39, 0.29) is 6.42 Å². The molecular formula is C14H20FN3O2. The average molecular weight is 281 g/mol. The highest BCUT2D eigenvalue weighted by atomic mass is 19.1. The fraction of sp³-hybridized carbons (Fsp3) is 0.500. The van der Waals surface area contributed by atoms with Gasteiger partial charge in [0.1, 0.15) is 0 Å². The highest BCUT2D eigenvalue weighted by Crippen LogP contribution is 2.11. The molecule has 1 heterocycles. The van der Waals surface area contributed by atoms with Gasteiger partial charge in [-0.2, -0.15) is 0 Å². The molecule has 0 radical (unpaired) electrons. The largest absolute Gasteiger partial charge is 0.465 e. The van der Waals surface area contributed by atoms with Crippen molar-refractivity contribution in [2.45, 2.75) is 19.3 Å². The zero-order chi connectivity index (χ0) is 14.5. The minimum atomic E-state index is -1.31. The molecule has 0 unspecified atom stereocenters.